The smallest absolute Gasteiger partial charge is 0.183 e. The van der Waals surface area contributed by atoms with Crippen LogP contribution in [-0.4, -0.2) is 11.3 Å². The molecule has 0 bridgehead atoms. The first-order chi connectivity index (χ1) is 6.83. The molecule has 0 saturated carbocycles. The van der Waals surface area contributed by atoms with E-state index < -0.39 is 11.3 Å². The third-order valence-corrected chi connectivity index (χ3v) is 1.73. The molecule has 0 heterocycles. The van der Waals surface area contributed by atoms with Gasteiger partial charge in [0.1, 0.15) is 0 Å². The second-order valence-corrected chi connectivity index (χ2v) is 3.16. The van der Waals surface area contributed by atoms with Crippen molar-refractivity contribution in [2.24, 2.45) is 0 Å². The second kappa shape index (κ2) is 4.11. The minimum atomic E-state index is -4.66. The van der Waals surface area contributed by atoms with Gasteiger partial charge in [0.05, 0.1) is 0 Å². The van der Waals surface area contributed by atoms with Gasteiger partial charge in [-0.2, -0.15) is 17.6 Å². The molecule has 0 fully saturated rings. The Kier molecular flexibility index (Phi) is 3.25. The van der Waals surface area contributed by atoms with E-state index in [-0.39, 0.29) is 5.56 Å². The zero-order valence-electron chi connectivity index (χ0n) is 7.28. The molecule has 0 saturated heterocycles. The molecule has 0 unspecified atom stereocenters. The van der Waals surface area contributed by atoms with Crippen molar-refractivity contribution in [2.75, 3.05) is 0 Å². The maximum atomic E-state index is 12.6. The molecular weight excluding hydrogens is 232 g/mol. The fraction of sp³-hybridized carbons (Fsp3) is 0.200. The van der Waals surface area contributed by atoms with Crippen LogP contribution >= 0.6 is 11.6 Å². The van der Waals surface area contributed by atoms with E-state index in [0.29, 0.717) is 0 Å². The highest BCUT2D eigenvalue weighted by atomic mass is 35.5. The first-order valence-corrected chi connectivity index (χ1v) is 4.23. The molecule has 5 heteroatoms. The maximum absolute atomic E-state index is 12.6. The van der Waals surface area contributed by atoms with Crippen LogP contribution < -0.4 is 0 Å². The van der Waals surface area contributed by atoms with Gasteiger partial charge in [-0.05, 0) is 29.7 Å². The molecule has 1 aromatic rings. The summed E-state index contributed by atoms with van der Waals surface area (Å²) in [6, 6.07) is 7.62. The summed E-state index contributed by atoms with van der Waals surface area (Å²) in [5.74, 6) is -1.46. The molecule has 0 aromatic heterocycles. The van der Waals surface area contributed by atoms with Crippen molar-refractivity contribution in [3.05, 3.63) is 35.9 Å². The normalized spacial score (nSPS) is 11.8. The molecule has 0 amide bonds. The Morgan fingerprint density at radius 3 is 2.00 bits per heavy atom. The summed E-state index contributed by atoms with van der Waals surface area (Å²) < 4.78 is 49.4. The van der Waals surface area contributed by atoms with E-state index in [1.165, 1.54) is 12.1 Å². The van der Waals surface area contributed by atoms with E-state index in [2.05, 4.69) is 11.6 Å². The molecule has 0 spiro atoms. The van der Waals surface area contributed by atoms with Crippen molar-refractivity contribution in [3.63, 3.8) is 0 Å². The first kappa shape index (κ1) is 11.9. The van der Waals surface area contributed by atoms with Crippen LogP contribution in [0.4, 0.5) is 17.6 Å². The van der Waals surface area contributed by atoms with Gasteiger partial charge in [-0.3, -0.25) is 0 Å². The minimum Gasteiger partial charge on any atom is -0.183 e. The molecule has 80 valence electrons. The predicted molar refractivity (Wildman–Crippen MR) is 49.1 cm³/mol. The van der Waals surface area contributed by atoms with Gasteiger partial charge in [0.15, 0.2) is 0 Å². The number of alkyl halides is 5. The van der Waals surface area contributed by atoms with Crippen LogP contribution in [0.3, 0.4) is 0 Å². The van der Waals surface area contributed by atoms with Crippen molar-refractivity contribution in [2.45, 2.75) is 11.3 Å². The fourth-order valence-electron chi connectivity index (χ4n) is 0.743. The lowest BCUT2D eigenvalue weighted by Gasteiger charge is -2.14. The molecule has 1 aromatic carbocycles. The Labute approximate surface area is 88.9 Å². The van der Waals surface area contributed by atoms with Crippen LogP contribution in [0.2, 0.25) is 0 Å². The lowest BCUT2D eigenvalue weighted by Crippen LogP contribution is -2.33. The monoisotopic (exact) mass is 236 g/mol. The number of rotatable bonds is 1. The third-order valence-electron chi connectivity index (χ3n) is 1.49. The lowest BCUT2D eigenvalue weighted by atomic mass is 10.2. The molecule has 1 rings (SSSR count). The van der Waals surface area contributed by atoms with E-state index in [4.69, 9.17) is 0 Å². The highest BCUT2D eigenvalue weighted by molar-refractivity contribution is 6.22. The van der Waals surface area contributed by atoms with Gasteiger partial charge in [0.2, 0.25) is 0 Å². The van der Waals surface area contributed by atoms with Crippen LogP contribution in [0.15, 0.2) is 30.3 Å². The van der Waals surface area contributed by atoms with Gasteiger partial charge in [0.25, 0.3) is 0 Å². The van der Waals surface area contributed by atoms with Crippen LogP contribution in [0.5, 0.6) is 0 Å². The Balaban J connectivity index is 2.92. The lowest BCUT2D eigenvalue weighted by molar-refractivity contribution is -0.115. The van der Waals surface area contributed by atoms with Crippen LogP contribution in [-0.2, 0) is 0 Å². The van der Waals surface area contributed by atoms with E-state index in [9.17, 15) is 17.6 Å². The summed E-state index contributed by atoms with van der Waals surface area (Å²) in [5, 5.41) is -4.66. The summed E-state index contributed by atoms with van der Waals surface area (Å²) in [6.07, 6.45) is 0. The largest absolute Gasteiger partial charge is 0.395 e. The quantitative estimate of drug-likeness (QED) is 0.398. The van der Waals surface area contributed by atoms with Gasteiger partial charge in [-0.15, -0.1) is 0 Å². The molecule has 0 aliphatic carbocycles. The molecule has 0 aliphatic rings. The van der Waals surface area contributed by atoms with Crippen LogP contribution in [0.1, 0.15) is 5.56 Å². The van der Waals surface area contributed by atoms with Crippen molar-refractivity contribution < 1.29 is 17.6 Å². The van der Waals surface area contributed by atoms with Crippen molar-refractivity contribution in [3.8, 4) is 11.8 Å². The second-order valence-electron chi connectivity index (χ2n) is 2.69. The SMILES string of the molecule is FC(F)(Cl)C(F)(F)C#Cc1ccccc1. The summed E-state index contributed by atoms with van der Waals surface area (Å²) in [5.41, 5.74) is 0.220. The minimum absolute atomic E-state index is 0.220. The number of halogens is 5. The first-order valence-electron chi connectivity index (χ1n) is 3.86. The predicted octanol–water partition coefficient (Wildman–Crippen LogP) is 3.51. The average Bonchev–Trinajstić information content (AvgIpc) is 2.15. The number of benzene rings is 1. The highest BCUT2D eigenvalue weighted by Gasteiger charge is 2.54. The van der Waals surface area contributed by atoms with E-state index in [1.54, 1.807) is 18.2 Å². The Morgan fingerprint density at radius 2 is 1.53 bits per heavy atom. The van der Waals surface area contributed by atoms with Gasteiger partial charge >= 0.3 is 11.3 Å². The summed E-state index contributed by atoms with van der Waals surface area (Å²) in [4.78, 5) is 0. The Morgan fingerprint density at radius 1 is 1.00 bits per heavy atom. The topological polar surface area (TPSA) is 0 Å². The standard InChI is InChI=1S/C10H5ClF4/c11-10(14,15)9(12,13)7-6-8-4-2-1-3-5-8/h1-5H. The highest BCUT2D eigenvalue weighted by Crippen LogP contribution is 2.36. The summed E-state index contributed by atoms with van der Waals surface area (Å²) in [7, 11) is 0. The zero-order valence-corrected chi connectivity index (χ0v) is 8.03. The Hall–Kier alpha value is -1.21. The number of hydrogen-bond acceptors (Lipinski definition) is 0. The van der Waals surface area contributed by atoms with E-state index in [1.807, 2.05) is 5.92 Å². The molecule has 0 radical (unpaired) electrons. The van der Waals surface area contributed by atoms with E-state index in [0.717, 1.165) is 5.92 Å². The van der Waals surface area contributed by atoms with Gasteiger partial charge in [0, 0.05) is 5.56 Å². The average molecular weight is 237 g/mol. The van der Waals surface area contributed by atoms with Gasteiger partial charge in [-0.1, -0.05) is 24.1 Å². The maximum Gasteiger partial charge on any atom is 0.395 e. The van der Waals surface area contributed by atoms with Crippen molar-refractivity contribution in [1.29, 1.82) is 0 Å². The third kappa shape index (κ3) is 3.14. The van der Waals surface area contributed by atoms with Gasteiger partial charge in [-0.25, -0.2) is 0 Å². The molecule has 0 atom stereocenters. The Bertz CT molecular complexity index is 383. The fourth-order valence-corrected chi connectivity index (χ4v) is 0.790. The van der Waals surface area contributed by atoms with E-state index >= 15 is 0 Å². The van der Waals surface area contributed by atoms with Gasteiger partial charge < -0.3 is 0 Å². The summed E-state index contributed by atoms with van der Waals surface area (Å²) in [6.45, 7) is 0. The van der Waals surface area contributed by atoms with Crippen LogP contribution in [0.25, 0.3) is 0 Å². The van der Waals surface area contributed by atoms with Crippen molar-refractivity contribution in [1.82, 2.24) is 0 Å². The van der Waals surface area contributed by atoms with Crippen molar-refractivity contribution >= 4 is 11.6 Å². The van der Waals surface area contributed by atoms with Crippen LogP contribution in [0, 0.1) is 11.8 Å². The summed E-state index contributed by atoms with van der Waals surface area (Å²) >= 11 is 4.21. The molecular formula is C10H5ClF4. The molecule has 0 N–H and O–H groups in total. The molecule has 0 aliphatic heterocycles. The molecule has 15 heavy (non-hydrogen) atoms. The molecule has 0 nitrogen and oxygen atoms in total. The zero-order chi connectivity index (χ0) is 11.5. The number of hydrogen-bond donors (Lipinski definition) is 0.